The van der Waals surface area contributed by atoms with Gasteiger partial charge in [-0.05, 0) is 29.0 Å². The summed E-state index contributed by atoms with van der Waals surface area (Å²) in [6.45, 7) is 2.17. The summed E-state index contributed by atoms with van der Waals surface area (Å²) in [7, 11) is 0. The molecule has 0 saturated heterocycles. The average molecular weight is 302 g/mol. The molecule has 0 aliphatic rings. The number of hydrogen-bond acceptors (Lipinski definition) is 1. The van der Waals surface area contributed by atoms with Crippen LogP contribution in [0, 0.1) is 0 Å². The van der Waals surface area contributed by atoms with E-state index >= 15 is 0 Å². The standard InChI is InChI=1S/C22H22O/c1-18(19-11-5-2-6-12-19)17-22(23,20-13-7-3-8-14-20)21-15-9-4-10-16-21/h2-16,18,23H,17H2,1H3. The molecule has 0 amide bonds. The maximum Gasteiger partial charge on any atom is 0.115 e. The molecule has 0 fully saturated rings. The highest BCUT2D eigenvalue weighted by Gasteiger charge is 2.33. The van der Waals surface area contributed by atoms with Gasteiger partial charge in [-0.25, -0.2) is 0 Å². The van der Waals surface area contributed by atoms with Gasteiger partial charge in [0.25, 0.3) is 0 Å². The van der Waals surface area contributed by atoms with Gasteiger partial charge in [0.2, 0.25) is 0 Å². The Balaban J connectivity index is 2.00. The molecule has 0 radical (unpaired) electrons. The molecule has 1 unspecified atom stereocenters. The van der Waals surface area contributed by atoms with Crippen LogP contribution in [0.2, 0.25) is 0 Å². The third-order valence-electron chi connectivity index (χ3n) is 4.47. The van der Waals surface area contributed by atoms with Crippen molar-refractivity contribution in [2.45, 2.75) is 24.9 Å². The smallest absolute Gasteiger partial charge is 0.115 e. The van der Waals surface area contributed by atoms with E-state index in [1.54, 1.807) is 0 Å². The molecule has 0 aliphatic heterocycles. The van der Waals surface area contributed by atoms with Gasteiger partial charge in [0.05, 0.1) is 0 Å². The van der Waals surface area contributed by atoms with E-state index in [2.05, 4.69) is 31.2 Å². The zero-order chi connectivity index (χ0) is 16.1. The second-order valence-electron chi connectivity index (χ2n) is 6.11. The molecule has 0 aliphatic carbocycles. The minimum atomic E-state index is -0.988. The van der Waals surface area contributed by atoms with Crippen LogP contribution in [0.15, 0.2) is 91.0 Å². The van der Waals surface area contributed by atoms with E-state index in [0.29, 0.717) is 6.42 Å². The SMILES string of the molecule is CC(CC(O)(c1ccccc1)c1ccccc1)c1ccccc1. The summed E-state index contributed by atoms with van der Waals surface area (Å²) >= 11 is 0. The fourth-order valence-electron chi connectivity index (χ4n) is 3.17. The van der Waals surface area contributed by atoms with E-state index < -0.39 is 5.60 Å². The van der Waals surface area contributed by atoms with Crippen molar-refractivity contribution in [1.29, 1.82) is 0 Å². The van der Waals surface area contributed by atoms with Crippen LogP contribution >= 0.6 is 0 Å². The molecule has 1 N–H and O–H groups in total. The molecule has 1 heteroatoms. The van der Waals surface area contributed by atoms with Crippen LogP contribution in [0.3, 0.4) is 0 Å². The van der Waals surface area contributed by atoms with Crippen LogP contribution in [0.25, 0.3) is 0 Å². The molecule has 0 aromatic heterocycles. The predicted octanol–water partition coefficient (Wildman–Crippen LogP) is 5.12. The van der Waals surface area contributed by atoms with Gasteiger partial charge < -0.3 is 5.11 Å². The molecule has 1 atom stereocenters. The Bertz CT molecular complexity index is 680. The second kappa shape index (κ2) is 6.80. The lowest BCUT2D eigenvalue weighted by Crippen LogP contribution is -2.29. The molecule has 3 rings (SSSR count). The van der Waals surface area contributed by atoms with E-state index in [1.807, 2.05) is 66.7 Å². The van der Waals surface area contributed by atoms with Crippen molar-refractivity contribution >= 4 is 0 Å². The Hall–Kier alpha value is -2.38. The lowest BCUT2D eigenvalue weighted by atomic mass is 9.78. The van der Waals surface area contributed by atoms with Crippen LogP contribution < -0.4 is 0 Å². The van der Waals surface area contributed by atoms with Crippen molar-refractivity contribution in [3.05, 3.63) is 108 Å². The molecule has 0 bridgehead atoms. The summed E-state index contributed by atoms with van der Waals surface area (Å²) in [6.07, 6.45) is 0.644. The van der Waals surface area contributed by atoms with E-state index in [-0.39, 0.29) is 5.92 Å². The molecule has 3 aromatic carbocycles. The third kappa shape index (κ3) is 3.35. The topological polar surface area (TPSA) is 20.2 Å². The van der Waals surface area contributed by atoms with Crippen molar-refractivity contribution in [3.63, 3.8) is 0 Å². The Kier molecular flexibility index (Phi) is 4.59. The van der Waals surface area contributed by atoms with E-state index in [4.69, 9.17) is 0 Å². The zero-order valence-corrected chi connectivity index (χ0v) is 13.4. The Morgan fingerprint density at radius 1 is 0.696 bits per heavy atom. The Labute approximate surface area is 138 Å². The first-order chi connectivity index (χ1) is 11.2. The van der Waals surface area contributed by atoms with Crippen molar-refractivity contribution < 1.29 is 5.11 Å². The highest BCUT2D eigenvalue weighted by Crippen LogP contribution is 2.38. The average Bonchev–Trinajstić information content (AvgIpc) is 2.64. The monoisotopic (exact) mass is 302 g/mol. The Morgan fingerprint density at radius 2 is 1.09 bits per heavy atom. The summed E-state index contributed by atoms with van der Waals surface area (Å²) in [4.78, 5) is 0. The predicted molar refractivity (Wildman–Crippen MR) is 95.4 cm³/mol. The van der Waals surface area contributed by atoms with Gasteiger partial charge in [0, 0.05) is 0 Å². The summed E-state index contributed by atoms with van der Waals surface area (Å²) in [6, 6.07) is 30.3. The molecular formula is C22H22O. The fourth-order valence-corrected chi connectivity index (χ4v) is 3.17. The number of rotatable bonds is 5. The number of hydrogen-bond donors (Lipinski definition) is 1. The summed E-state index contributed by atoms with van der Waals surface area (Å²) < 4.78 is 0. The molecule has 0 heterocycles. The van der Waals surface area contributed by atoms with Gasteiger partial charge in [0.1, 0.15) is 5.60 Å². The van der Waals surface area contributed by atoms with Crippen LogP contribution in [0.4, 0.5) is 0 Å². The molecule has 1 nitrogen and oxygen atoms in total. The van der Waals surface area contributed by atoms with E-state index in [1.165, 1.54) is 5.56 Å². The quantitative estimate of drug-likeness (QED) is 0.694. The van der Waals surface area contributed by atoms with Crippen molar-refractivity contribution in [2.24, 2.45) is 0 Å². The normalized spacial score (nSPS) is 12.8. The summed E-state index contributed by atoms with van der Waals surface area (Å²) in [5.74, 6) is 0.251. The maximum atomic E-state index is 11.6. The zero-order valence-electron chi connectivity index (χ0n) is 13.4. The largest absolute Gasteiger partial charge is 0.380 e. The number of benzene rings is 3. The fraction of sp³-hybridized carbons (Fsp3) is 0.182. The molecular weight excluding hydrogens is 280 g/mol. The highest BCUT2D eigenvalue weighted by molar-refractivity contribution is 5.37. The minimum absolute atomic E-state index is 0.251. The van der Waals surface area contributed by atoms with Gasteiger partial charge in [-0.2, -0.15) is 0 Å². The van der Waals surface area contributed by atoms with Gasteiger partial charge in [0.15, 0.2) is 0 Å². The molecule has 0 spiro atoms. The van der Waals surface area contributed by atoms with Crippen LogP contribution in [-0.2, 0) is 5.60 Å². The van der Waals surface area contributed by atoms with Crippen molar-refractivity contribution in [2.75, 3.05) is 0 Å². The van der Waals surface area contributed by atoms with Crippen molar-refractivity contribution in [1.82, 2.24) is 0 Å². The van der Waals surface area contributed by atoms with Crippen molar-refractivity contribution in [3.8, 4) is 0 Å². The van der Waals surface area contributed by atoms with Crippen LogP contribution in [0.5, 0.6) is 0 Å². The van der Waals surface area contributed by atoms with Crippen LogP contribution in [-0.4, -0.2) is 5.11 Å². The lowest BCUT2D eigenvalue weighted by Gasteiger charge is -2.32. The first-order valence-electron chi connectivity index (χ1n) is 8.08. The van der Waals surface area contributed by atoms with E-state index in [0.717, 1.165) is 11.1 Å². The minimum Gasteiger partial charge on any atom is -0.380 e. The summed E-state index contributed by atoms with van der Waals surface area (Å²) in [5.41, 5.74) is 2.14. The lowest BCUT2D eigenvalue weighted by molar-refractivity contribution is 0.0645. The molecule has 116 valence electrons. The molecule has 0 saturated carbocycles. The summed E-state index contributed by atoms with van der Waals surface area (Å²) in [5, 5.41) is 11.6. The van der Waals surface area contributed by atoms with Gasteiger partial charge in [-0.3, -0.25) is 0 Å². The third-order valence-corrected chi connectivity index (χ3v) is 4.47. The van der Waals surface area contributed by atoms with E-state index in [9.17, 15) is 5.11 Å². The van der Waals surface area contributed by atoms with Gasteiger partial charge in [-0.15, -0.1) is 0 Å². The number of aliphatic hydroxyl groups is 1. The molecule has 23 heavy (non-hydrogen) atoms. The van der Waals surface area contributed by atoms with Gasteiger partial charge in [-0.1, -0.05) is 97.9 Å². The molecule has 3 aromatic rings. The second-order valence-corrected chi connectivity index (χ2v) is 6.11. The van der Waals surface area contributed by atoms with Crippen LogP contribution in [0.1, 0.15) is 36.0 Å². The first-order valence-corrected chi connectivity index (χ1v) is 8.08. The Morgan fingerprint density at radius 3 is 1.52 bits per heavy atom. The first kappa shape index (κ1) is 15.5. The highest BCUT2D eigenvalue weighted by atomic mass is 16.3. The van der Waals surface area contributed by atoms with Gasteiger partial charge >= 0.3 is 0 Å². The maximum absolute atomic E-state index is 11.6.